The van der Waals surface area contributed by atoms with Crippen LogP contribution >= 0.6 is 0 Å². The standard InChI is InChI=1S/C14H28N4/c1-7-9-18(10-8-2)13(12(3)4)11-17-14(15-5)16-6/h7-8,12-13H,1-2,9-11H2,3-6H3,(H2,15,16,17). The Hall–Kier alpha value is -1.29. The summed E-state index contributed by atoms with van der Waals surface area (Å²) < 4.78 is 0. The van der Waals surface area contributed by atoms with Gasteiger partial charge in [0.2, 0.25) is 0 Å². The van der Waals surface area contributed by atoms with E-state index >= 15 is 0 Å². The lowest BCUT2D eigenvalue weighted by Crippen LogP contribution is -2.49. The van der Waals surface area contributed by atoms with Crippen LogP contribution in [0.1, 0.15) is 13.8 Å². The van der Waals surface area contributed by atoms with Gasteiger partial charge in [-0.3, -0.25) is 9.89 Å². The Kier molecular flexibility index (Phi) is 9.01. The highest BCUT2D eigenvalue weighted by Crippen LogP contribution is 2.10. The average molecular weight is 252 g/mol. The number of hydrogen-bond donors (Lipinski definition) is 2. The predicted molar refractivity (Wildman–Crippen MR) is 81.0 cm³/mol. The van der Waals surface area contributed by atoms with Crippen molar-refractivity contribution in [2.24, 2.45) is 10.9 Å². The summed E-state index contributed by atoms with van der Waals surface area (Å²) in [4.78, 5) is 6.49. The molecule has 4 nitrogen and oxygen atoms in total. The molecule has 0 aliphatic carbocycles. The van der Waals surface area contributed by atoms with E-state index in [-0.39, 0.29) is 0 Å². The zero-order chi connectivity index (χ0) is 14.0. The molecule has 0 aromatic rings. The lowest BCUT2D eigenvalue weighted by molar-refractivity contribution is 0.190. The topological polar surface area (TPSA) is 39.7 Å². The molecule has 2 N–H and O–H groups in total. The second-order valence-corrected chi connectivity index (χ2v) is 4.55. The minimum Gasteiger partial charge on any atom is -0.359 e. The van der Waals surface area contributed by atoms with Crippen LogP contribution in [0.5, 0.6) is 0 Å². The Morgan fingerprint density at radius 3 is 2.17 bits per heavy atom. The number of nitrogens with zero attached hydrogens (tertiary/aromatic N) is 2. The zero-order valence-corrected chi connectivity index (χ0v) is 12.2. The lowest BCUT2D eigenvalue weighted by Gasteiger charge is -2.33. The molecule has 0 aromatic carbocycles. The van der Waals surface area contributed by atoms with Crippen LogP contribution in [0, 0.1) is 5.92 Å². The van der Waals surface area contributed by atoms with Gasteiger partial charge in [0.1, 0.15) is 0 Å². The molecule has 1 unspecified atom stereocenters. The first-order valence-corrected chi connectivity index (χ1v) is 6.44. The molecule has 1 atom stereocenters. The van der Waals surface area contributed by atoms with E-state index in [4.69, 9.17) is 0 Å². The van der Waals surface area contributed by atoms with Gasteiger partial charge in [0.05, 0.1) is 0 Å². The van der Waals surface area contributed by atoms with Gasteiger partial charge in [-0.05, 0) is 5.92 Å². The van der Waals surface area contributed by atoms with Crippen LogP contribution in [0.3, 0.4) is 0 Å². The second kappa shape index (κ2) is 9.71. The van der Waals surface area contributed by atoms with Crippen molar-refractivity contribution in [2.75, 3.05) is 33.7 Å². The monoisotopic (exact) mass is 252 g/mol. The Labute approximate surface area is 112 Å². The minimum absolute atomic E-state index is 0.422. The normalized spacial score (nSPS) is 13.6. The van der Waals surface area contributed by atoms with Gasteiger partial charge in [0, 0.05) is 39.8 Å². The van der Waals surface area contributed by atoms with Gasteiger partial charge in [-0.2, -0.15) is 0 Å². The Bertz CT molecular complexity index is 261. The quantitative estimate of drug-likeness (QED) is 0.390. The number of guanidine groups is 1. The van der Waals surface area contributed by atoms with E-state index in [0.29, 0.717) is 12.0 Å². The number of aliphatic imine (C=N–C) groups is 1. The van der Waals surface area contributed by atoms with Gasteiger partial charge in [0.25, 0.3) is 0 Å². The second-order valence-electron chi connectivity index (χ2n) is 4.55. The highest BCUT2D eigenvalue weighted by Gasteiger charge is 2.20. The van der Waals surface area contributed by atoms with E-state index in [0.717, 1.165) is 25.6 Å². The minimum atomic E-state index is 0.422. The van der Waals surface area contributed by atoms with Gasteiger partial charge in [-0.15, -0.1) is 13.2 Å². The van der Waals surface area contributed by atoms with Crippen molar-refractivity contribution in [2.45, 2.75) is 19.9 Å². The van der Waals surface area contributed by atoms with E-state index in [2.05, 4.69) is 47.5 Å². The summed E-state index contributed by atoms with van der Waals surface area (Å²) in [6.45, 7) is 14.7. The molecular formula is C14H28N4. The Balaban J connectivity index is 4.60. The van der Waals surface area contributed by atoms with Gasteiger partial charge < -0.3 is 10.6 Å². The molecular weight excluding hydrogens is 224 g/mol. The molecule has 0 radical (unpaired) electrons. The highest BCUT2D eigenvalue weighted by molar-refractivity contribution is 5.79. The van der Waals surface area contributed by atoms with E-state index in [1.165, 1.54) is 0 Å². The maximum absolute atomic E-state index is 4.12. The zero-order valence-electron chi connectivity index (χ0n) is 12.2. The van der Waals surface area contributed by atoms with E-state index in [9.17, 15) is 0 Å². The molecule has 4 heteroatoms. The first-order chi connectivity index (χ1) is 8.60. The third kappa shape index (κ3) is 5.87. The summed E-state index contributed by atoms with van der Waals surface area (Å²) in [7, 11) is 3.64. The average Bonchev–Trinajstić information content (AvgIpc) is 2.34. The molecule has 0 aromatic heterocycles. The molecule has 0 aliphatic rings. The van der Waals surface area contributed by atoms with E-state index < -0.39 is 0 Å². The first-order valence-electron chi connectivity index (χ1n) is 6.44. The molecule has 0 amide bonds. The maximum Gasteiger partial charge on any atom is 0.190 e. The molecule has 0 spiro atoms. The van der Waals surface area contributed by atoms with Gasteiger partial charge in [-0.1, -0.05) is 26.0 Å². The molecule has 0 saturated carbocycles. The van der Waals surface area contributed by atoms with Crippen LogP contribution in [0.2, 0.25) is 0 Å². The molecule has 0 heterocycles. The van der Waals surface area contributed by atoms with Gasteiger partial charge in [-0.25, -0.2) is 0 Å². The lowest BCUT2D eigenvalue weighted by atomic mass is 10.0. The van der Waals surface area contributed by atoms with Crippen LogP contribution in [0.4, 0.5) is 0 Å². The van der Waals surface area contributed by atoms with E-state index in [1.54, 1.807) is 7.05 Å². The number of rotatable bonds is 8. The van der Waals surface area contributed by atoms with Crippen molar-refractivity contribution < 1.29 is 0 Å². The van der Waals surface area contributed by atoms with Crippen LogP contribution in [-0.4, -0.2) is 50.6 Å². The van der Waals surface area contributed by atoms with Crippen molar-refractivity contribution in [3.8, 4) is 0 Å². The van der Waals surface area contributed by atoms with Crippen molar-refractivity contribution in [1.29, 1.82) is 0 Å². The predicted octanol–water partition coefficient (Wildman–Crippen LogP) is 1.48. The highest BCUT2D eigenvalue weighted by atomic mass is 15.2. The molecule has 0 aliphatic heterocycles. The third-order valence-corrected chi connectivity index (χ3v) is 2.90. The molecule has 0 saturated heterocycles. The third-order valence-electron chi connectivity index (χ3n) is 2.90. The van der Waals surface area contributed by atoms with Gasteiger partial charge in [0.15, 0.2) is 5.96 Å². The fraction of sp³-hybridized carbons (Fsp3) is 0.643. The Morgan fingerprint density at radius 2 is 1.83 bits per heavy atom. The first kappa shape index (κ1) is 16.7. The van der Waals surface area contributed by atoms with Crippen molar-refractivity contribution in [1.82, 2.24) is 15.5 Å². The van der Waals surface area contributed by atoms with Crippen LogP contribution in [-0.2, 0) is 0 Å². The number of hydrogen-bond acceptors (Lipinski definition) is 2. The number of nitrogens with one attached hydrogen (secondary N) is 2. The van der Waals surface area contributed by atoms with Crippen LogP contribution in [0.15, 0.2) is 30.3 Å². The van der Waals surface area contributed by atoms with Crippen molar-refractivity contribution in [3.63, 3.8) is 0 Å². The Morgan fingerprint density at radius 1 is 1.28 bits per heavy atom. The smallest absolute Gasteiger partial charge is 0.190 e. The maximum atomic E-state index is 4.12. The van der Waals surface area contributed by atoms with Crippen LogP contribution in [0.25, 0.3) is 0 Å². The summed E-state index contributed by atoms with van der Waals surface area (Å²) in [6, 6.07) is 0.422. The molecule has 104 valence electrons. The fourth-order valence-corrected chi connectivity index (χ4v) is 1.94. The summed E-state index contributed by atoms with van der Waals surface area (Å²) in [6.07, 6.45) is 3.87. The van der Waals surface area contributed by atoms with Crippen molar-refractivity contribution >= 4 is 5.96 Å². The molecule has 0 rings (SSSR count). The van der Waals surface area contributed by atoms with Crippen molar-refractivity contribution in [3.05, 3.63) is 25.3 Å². The van der Waals surface area contributed by atoms with Gasteiger partial charge >= 0.3 is 0 Å². The molecule has 0 bridgehead atoms. The van der Waals surface area contributed by atoms with E-state index in [1.807, 2.05) is 19.2 Å². The molecule has 18 heavy (non-hydrogen) atoms. The fourth-order valence-electron chi connectivity index (χ4n) is 1.94. The summed E-state index contributed by atoms with van der Waals surface area (Å²) >= 11 is 0. The summed E-state index contributed by atoms with van der Waals surface area (Å²) in [5.41, 5.74) is 0. The summed E-state index contributed by atoms with van der Waals surface area (Å²) in [5.74, 6) is 1.37. The molecule has 0 fully saturated rings. The SMILES string of the molecule is C=CCN(CC=C)C(CNC(=NC)NC)C(C)C. The summed E-state index contributed by atoms with van der Waals surface area (Å²) in [5, 5.41) is 6.36. The largest absolute Gasteiger partial charge is 0.359 e. The van der Waals surface area contributed by atoms with Crippen LogP contribution < -0.4 is 10.6 Å².